The van der Waals surface area contributed by atoms with Crippen LogP contribution in [-0.2, 0) is 9.47 Å². The van der Waals surface area contributed by atoms with Crippen LogP contribution >= 0.6 is 0 Å². The fourth-order valence-electron chi connectivity index (χ4n) is 3.49. The third-order valence-electron chi connectivity index (χ3n) is 4.78. The van der Waals surface area contributed by atoms with Crippen molar-refractivity contribution in [1.29, 1.82) is 0 Å². The van der Waals surface area contributed by atoms with E-state index < -0.39 is 23.8 Å². The fourth-order valence-corrected chi connectivity index (χ4v) is 3.49. The topological polar surface area (TPSA) is 96.9 Å². The lowest BCUT2D eigenvalue weighted by Crippen LogP contribution is -2.47. The molecule has 1 aliphatic carbocycles. The van der Waals surface area contributed by atoms with E-state index in [-0.39, 0.29) is 25.7 Å². The van der Waals surface area contributed by atoms with E-state index in [1.165, 1.54) is 0 Å². The van der Waals surface area contributed by atoms with Gasteiger partial charge in [0.15, 0.2) is 0 Å². The number of aliphatic hydroxyl groups excluding tert-OH is 1. The van der Waals surface area contributed by atoms with Gasteiger partial charge in [-0.05, 0) is 43.0 Å². The summed E-state index contributed by atoms with van der Waals surface area (Å²) in [5.41, 5.74) is 3.93. The highest BCUT2D eigenvalue weighted by atomic mass is 16.6. The molecule has 0 saturated heterocycles. The van der Waals surface area contributed by atoms with Crippen LogP contribution in [-0.4, -0.2) is 48.7 Å². The van der Waals surface area contributed by atoms with Crippen LogP contribution in [0.25, 0.3) is 11.1 Å². The van der Waals surface area contributed by atoms with Crippen molar-refractivity contribution >= 4 is 12.2 Å². The number of nitrogens with one attached hydrogen (secondary N) is 2. The van der Waals surface area contributed by atoms with Gasteiger partial charge in [-0.2, -0.15) is 0 Å². The van der Waals surface area contributed by atoms with Gasteiger partial charge in [0.1, 0.15) is 12.2 Å². The van der Waals surface area contributed by atoms with Crippen molar-refractivity contribution in [3.8, 4) is 11.1 Å². The number of benzene rings is 2. The normalized spacial score (nSPS) is 13.7. The number of ether oxygens (including phenoxy) is 2. The first-order valence-corrected chi connectivity index (χ1v) is 9.97. The Hall–Kier alpha value is -3.06. The monoisotopic (exact) mass is 412 g/mol. The highest BCUT2D eigenvalue weighted by Crippen LogP contribution is 2.44. The Balaban J connectivity index is 1.53. The van der Waals surface area contributed by atoms with Crippen LogP contribution in [0.5, 0.6) is 0 Å². The van der Waals surface area contributed by atoms with Crippen molar-refractivity contribution < 1.29 is 24.2 Å². The van der Waals surface area contributed by atoms with Crippen molar-refractivity contribution in [2.75, 3.05) is 19.8 Å². The average Bonchev–Trinajstić information content (AvgIpc) is 3.02. The molecule has 0 radical (unpaired) electrons. The molecule has 0 saturated carbocycles. The molecule has 1 unspecified atom stereocenters. The van der Waals surface area contributed by atoms with Gasteiger partial charge in [-0.3, -0.25) is 0 Å². The summed E-state index contributed by atoms with van der Waals surface area (Å²) >= 11 is 0. The van der Waals surface area contributed by atoms with E-state index in [1.807, 2.05) is 36.4 Å². The maximum Gasteiger partial charge on any atom is 0.408 e. The molecular weight excluding hydrogens is 384 g/mol. The Morgan fingerprint density at radius 2 is 1.57 bits per heavy atom. The van der Waals surface area contributed by atoms with Crippen molar-refractivity contribution in [3.63, 3.8) is 0 Å². The van der Waals surface area contributed by atoms with Gasteiger partial charge in [0.2, 0.25) is 0 Å². The molecule has 3 N–H and O–H groups in total. The highest BCUT2D eigenvalue weighted by molar-refractivity contribution is 5.79. The van der Waals surface area contributed by atoms with Crippen LogP contribution in [0, 0.1) is 0 Å². The number of rotatable bonds is 6. The molecule has 160 valence electrons. The molecule has 3 rings (SSSR count). The number of amides is 2. The van der Waals surface area contributed by atoms with Gasteiger partial charge in [0.05, 0.1) is 12.6 Å². The Bertz CT molecular complexity index is 861. The minimum atomic E-state index is -0.680. The first-order valence-electron chi connectivity index (χ1n) is 9.97. The average molecular weight is 412 g/mol. The maximum absolute atomic E-state index is 12.2. The van der Waals surface area contributed by atoms with Gasteiger partial charge in [-0.15, -0.1) is 0 Å². The molecule has 2 aromatic rings. The number of carbonyl (C=O) groups excluding carboxylic acids is 2. The molecule has 0 aromatic heterocycles. The number of alkyl carbamates (subject to hydrolysis) is 2. The van der Waals surface area contributed by atoms with E-state index in [9.17, 15) is 14.7 Å². The number of hydrogen-bond acceptors (Lipinski definition) is 5. The molecule has 0 aliphatic heterocycles. The molecule has 1 atom stereocenters. The third kappa shape index (κ3) is 5.30. The Morgan fingerprint density at radius 1 is 1.00 bits per heavy atom. The van der Waals surface area contributed by atoms with Crippen LogP contribution in [0.1, 0.15) is 37.8 Å². The lowest BCUT2D eigenvalue weighted by molar-refractivity contribution is 0.0480. The summed E-state index contributed by atoms with van der Waals surface area (Å²) < 4.78 is 10.6. The Morgan fingerprint density at radius 3 is 2.10 bits per heavy atom. The van der Waals surface area contributed by atoms with Gasteiger partial charge >= 0.3 is 12.2 Å². The quantitative estimate of drug-likeness (QED) is 0.676. The number of carbonyl (C=O) groups is 2. The number of aliphatic hydroxyl groups is 1. The third-order valence-corrected chi connectivity index (χ3v) is 4.78. The van der Waals surface area contributed by atoms with Crippen LogP contribution in [0.2, 0.25) is 0 Å². The van der Waals surface area contributed by atoms with E-state index >= 15 is 0 Å². The van der Waals surface area contributed by atoms with E-state index in [4.69, 9.17) is 9.47 Å². The molecule has 0 spiro atoms. The maximum atomic E-state index is 12.2. The molecule has 0 bridgehead atoms. The van der Waals surface area contributed by atoms with Gasteiger partial charge in [-0.1, -0.05) is 48.5 Å². The van der Waals surface area contributed by atoms with Gasteiger partial charge in [0, 0.05) is 12.5 Å². The minimum absolute atomic E-state index is 0.0203. The predicted octanol–water partition coefficient (Wildman–Crippen LogP) is 3.41. The lowest BCUT2D eigenvalue weighted by atomic mass is 9.98. The summed E-state index contributed by atoms with van der Waals surface area (Å²) in [6.45, 7) is 5.11. The SMILES string of the molecule is CC(C)(C)OC(=O)NC(CO)CNC(=O)OCC1c2ccccc2-c2ccccc21. The molecule has 1 aliphatic rings. The smallest absolute Gasteiger partial charge is 0.408 e. The molecule has 7 heteroatoms. The molecule has 0 heterocycles. The lowest BCUT2D eigenvalue weighted by Gasteiger charge is -2.23. The van der Waals surface area contributed by atoms with E-state index in [0.29, 0.717) is 0 Å². The summed E-state index contributed by atoms with van der Waals surface area (Å²) in [7, 11) is 0. The number of hydrogen-bond donors (Lipinski definition) is 3. The van der Waals surface area contributed by atoms with Crippen LogP contribution < -0.4 is 10.6 Å². The fraction of sp³-hybridized carbons (Fsp3) is 0.391. The highest BCUT2D eigenvalue weighted by Gasteiger charge is 2.29. The van der Waals surface area contributed by atoms with Gasteiger partial charge in [-0.25, -0.2) is 9.59 Å². The van der Waals surface area contributed by atoms with E-state index in [0.717, 1.165) is 22.3 Å². The van der Waals surface area contributed by atoms with Crippen molar-refractivity contribution in [3.05, 3.63) is 59.7 Å². The zero-order valence-corrected chi connectivity index (χ0v) is 17.5. The second-order valence-corrected chi connectivity index (χ2v) is 8.23. The molecule has 7 nitrogen and oxygen atoms in total. The van der Waals surface area contributed by atoms with Crippen LogP contribution in [0.15, 0.2) is 48.5 Å². The van der Waals surface area contributed by atoms with E-state index in [1.54, 1.807) is 20.8 Å². The van der Waals surface area contributed by atoms with Crippen molar-refractivity contribution in [2.45, 2.75) is 38.3 Å². The second kappa shape index (κ2) is 9.17. The van der Waals surface area contributed by atoms with Gasteiger partial charge < -0.3 is 25.2 Å². The second-order valence-electron chi connectivity index (χ2n) is 8.23. The first-order chi connectivity index (χ1) is 14.3. The Labute approximate surface area is 176 Å². The number of fused-ring (bicyclic) bond motifs is 3. The summed E-state index contributed by atoms with van der Waals surface area (Å²) in [6.07, 6.45) is -1.27. The minimum Gasteiger partial charge on any atom is -0.449 e. The van der Waals surface area contributed by atoms with Crippen molar-refractivity contribution in [2.24, 2.45) is 0 Å². The summed E-state index contributed by atoms with van der Waals surface area (Å²) in [6, 6.07) is 15.5. The van der Waals surface area contributed by atoms with Crippen LogP contribution in [0.4, 0.5) is 9.59 Å². The zero-order valence-electron chi connectivity index (χ0n) is 17.5. The summed E-state index contributed by atoms with van der Waals surface area (Å²) in [4.78, 5) is 24.0. The molecule has 0 fully saturated rings. The van der Waals surface area contributed by atoms with Crippen LogP contribution in [0.3, 0.4) is 0 Å². The summed E-state index contributed by atoms with van der Waals surface area (Å²) in [5, 5.41) is 14.5. The van der Waals surface area contributed by atoms with Gasteiger partial charge in [0.25, 0.3) is 0 Å². The Kier molecular flexibility index (Phi) is 6.62. The standard InChI is InChI=1S/C23H28N2O5/c1-23(2,3)30-22(28)25-15(13-26)12-24-21(27)29-14-20-18-10-6-4-8-16(18)17-9-5-7-11-19(17)20/h4-11,15,20,26H,12-14H2,1-3H3,(H,24,27)(H,25,28). The predicted molar refractivity (Wildman–Crippen MR) is 113 cm³/mol. The largest absolute Gasteiger partial charge is 0.449 e. The van der Waals surface area contributed by atoms with Crippen molar-refractivity contribution in [1.82, 2.24) is 10.6 Å². The molecule has 30 heavy (non-hydrogen) atoms. The zero-order chi connectivity index (χ0) is 21.7. The first kappa shape index (κ1) is 21.6. The summed E-state index contributed by atoms with van der Waals surface area (Å²) in [5.74, 6) is -0.0309. The molecule has 2 amide bonds. The molecular formula is C23H28N2O5. The van der Waals surface area contributed by atoms with E-state index in [2.05, 4.69) is 22.8 Å². The molecule has 2 aromatic carbocycles.